The van der Waals surface area contributed by atoms with Crippen LogP contribution in [0.25, 0.3) is 10.9 Å². The van der Waals surface area contributed by atoms with Crippen LogP contribution in [0.15, 0.2) is 71.7 Å². The van der Waals surface area contributed by atoms with Crippen molar-refractivity contribution < 1.29 is 23.8 Å². The lowest BCUT2D eigenvalue weighted by Gasteiger charge is -2.15. The molecule has 5 rings (SSSR count). The van der Waals surface area contributed by atoms with E-state index >= 15 is 4.39 Å². The minimum absolute atomic E-state index is 0.126. The van der Waals surface area contributed by atoms with E-state index in [4.69, 9.17) is 4.74 Å². The van der Waals surface area contributed by atoms with Gasteiger partial charge in [0.1, 0.15) is 18.1 Å². The maximum atomic E-state index is 15.1. The lowest BCUT2D eigenvalue weighted by molar-refractivity contribution is -0.114. The third kappa shape index (κ3) is 3.69. The van der Waals surface area contributed by atoms with Crippen LogP contribution in [0.3, 0.4) is 0 Å². The Bertz CT molecular complexity index is 1470. The molecule has 1 aliphatic heterocycles. The molecule has 2 heterocycles. The molecule has 2 N–H and O–H groups in total. The number of fused-ring (bicyclic) bond motifs is 3. The molecule has 3 aromatic carbocycles. The Balaban J connectivity index is 1.74. The average molecular weight is 457 g/mol. The lowest BCUT2D eigenvalue weighted by atomic mass is 10.0. The van der Waals surface area contributed by atoms with E-state index in [2.05, 4.69) is 10.3 Å². The summed E-state index contributed by atoms with van der Waals surface area (Å²) in [6, 6.07) is 18.9. The van der Waals surface area contributed by atoms with E-state index in [0.29, 0.717) is 17.9 Å². The number of para-hydroxylation sites is 1. The van der Waals surface area contributed by atoms with Crippen LogP contribution in [0.4, 0.5) is 10.1 Å². The molecule has 0 saturated carbocycles. The average Bonchev–Trinajstić information content (AvgIpc) is 3.01. The fourth-order valence-corrected chi connectivity index (χ4v) is 4.21. The normalized spacial score (nSPS) is 13.1. The summed E-state index contributed by atoms with van der Waals surface area (Å²) in [6.07, 6.45) is 0. The van der Waals surface area contributed by atoms with Gasteiger partial charge in [-0.2, -0.15) is 0 Å². The molecule has 170 valence electrons. The number of aromatic nitrogens is 1. The molecule has 1 amide bonds. The molecule has 8 heteroatoms. The molecule has 34 heavy (non-hydrogen) atoms. The number of hydrogen-bond donors (Lipinski definition) is 2. The Kier molecular flexibility index (Phi) is 5.33. The summed E-state index contributed by atoms with van der Waals surface area (Å²) in [5.41, 5.74) is 3.18. The summed E-state index contributed by atoms with van der Waals surface area (Å²) in [7, 11) is 1.60. The SMILES string of the molecule is COc1ccc(Cn2c3c(c4ccccc42)NC(=O)CN=C3c2ccc(C(=O)O)cc2F)cc1. The Morgan fingerprint density at radius 2 is 1.91 bits per heavy atom. The number of carboxylic acids is 1. The second kappa shape index (κ2) is 8.47. The molecule has 7 nitrogen and oxygen atoms in total. The van der Waals surface area contributed by atoms with Gasteiger partial charge in [-0.1, -0.05) is 30.3 Å². The number of aromatic carboxylic acids is 1. The van der Waals surface area contributed by atoms with Crippen molar-refractivity contribution in [3.63, 3.8) is 0 Å². The van der Waals surface area contributed by atoms with Gasteiger partial charge in [-0.05, 0) is 42.0 Å². The van der Waals surface area contributed by atoms with Crippen LogP contribution >= 0.6 is 0 Å². The number of nitrogens with zero attached hydrogens (tertiary/aromatic N) is 2. The van der Waals surface area contributed by atoms with Crippen molar-refractivity contribution in [1.29, 1.82) is 0 Å². The summed E-state index contributed by atoms with van der Waals surface area (Å²) in [6.45, 7) is 0.255. The molecule has 0 bridgehead atoms. The molecule has 0 radical (unpaired) electrons. The number of carboxylic acid groups (broad SMARTS) is 1. The van der Waals surface area contributed by atoms with Gasteiger partial charge in [0.2, 0.25) is 5.91 Å². The Morgan fingerprint density at radius 1 is 1.15 bits per heavy atom. The fraction of sp³-hybridized carbons (Fsp3) is 0.115. The highest BCUT2D eigenvalue weighted by molar-refractivity contribution is 6.23. The summed E-state index contributed by atoms with van der Waals surface area (Å²) < 4.78 is 22.4. The highest BCUT2D eigenvalue weighted by atomic mass is 19.1. The van der Waals surface area contributed by atoms with Gasteiger partial charge < -0.3 is 19.7 Å². The van der Waals surface area contributed by atoms with E-state index in [1.807, 2.05) is 53.1 Å². The minimum atomic E-state index is -1.22. The highest BCUT2D eigenvalue weighted by Gasteiger charge is 2.28. The number of amides is 1. The van der Waals surface area contributed by atoms with Crippen molar-refractivity contribution >= 4 is 34.2 Å². The molecule has 0 spiro atoms. The predicted molar refractivity (Wildman–Crippen MR) is 127 cm³/mol. The summed E-state index contributed by atoms with van der Waals surface area (Å²) in [5, 5.41) is 13.0. The van der Waals surface area contributed by atoms with E-state index in [1.54, 1.807) is 7.11 Å². The Labute approximate surface area is 194 Å². The van der Waals surface area contributed by atoms with E-state index in [0.717, 1.165) is 28.3 Å². The molecule has 1 aliphatic rings. The van der Waals surface area contributed by atoms with Crippen molar-refractivity contribution in [2.75, 3.05) is 19.0 Å². The maximum Gasteiger partial charge on any atom is 0.335 e. The maximum absolute atomic E-state index is 15.1. The first-order valence-electron chi connectivity index (χ1n) is 10.6. The molecular weight excluding hydrogens is 437 g/mol. The zero-order valence-electron chi connectivity index (χ0n) is 18.2. The van der Waals surface area contributed by atoms with Gasteiger partial charge in [-0.15, -0.1) is 0 Å². The number of nitrogens with one attached hydrogen (secondary N) is 1. The van der Waals surface area contributed by atoms with Crippen LogP contribution in [0.1, 0.15) is 27.2 Å². The largest absolute Gasteiger partial charge is 0.497 e. The molecule has 0 atom stereocenters. The summed E-state index contributed by atoms with van der Waals surface area (Å²) >= 11 is 0. The lowest BCUT2D eigenvalue weighted by Crippen LogP contribution is -2.15. The van der Waals surface area contributed by atoms with Gasteiger partial charge in [0.15, 0.2) is 0 Å². The quantitative estimate of drug-likeness (QED) is 0.467. The zero-order valence-corrected chi connectivity index (χ0v) is 18.2. The smallest absolute Gasteiger partial charge is 0.335 e. The van der Waals surface area contributed by atoms with Crippen LogP contribution in [0.2, 0.25) is 0 Å². The number of ether oxygens (including phenoxy) is 1. The van der Waals surface area contributed by atoms with E-state index in [9.17, 15) is 14.7 Å². The third-order valence-corrected chi connectivity index (χ3v) is 5.81. The van der Waals surface area contributed by atoms with Crippen LogP contribution in [-0.4, -0.2) is 40.9 Å². The molecule has 0 unspecified atom stereocenters. The highest BCUT2D eigenvalue weighted by Crippen LogP contribution is 2.35. The first kappa shape index (κ1) is 21.4. The van der Waals surface area contributed by atoms with Crippen molar-refractivity contribution in [3.8, 4) is 5.75 Å². The van der Waals surface area contributed by atoms with E-state index in [-0.39, 0.29) is 29.3 Å². The van der Waals surface area contributed by atoms with E-state index < -0.39 is 11.8 Å². The number of aliphatic imine (C=N–C) groups is 1. The second-order valence-electron chi connectivity index (χ2n) is 7.89. The molecule has 0 aliphatic carbocycles. The van der Waals surface area contributed by atoms with Crippen LogP contribution < -0.4 is 10.1 Å². The van der Waals surface area contributed by atoms with Crippen molar-refractivity contribution in [3.05, 3.63) is 94.9 Å². The van der Waals surface area contributed by atoms with Crippen molar-refractivity contribution in [2.45, 2.75) is 6.54 Å². The van der Waals surface area contributed by atoms with Gasteiger partial charge in [0.05, 0.1) is 35.3 Å². The number of benzene rings is 3. The molecule has 0 fully saturated rings. The molecular formula is C26H20FN3O4. The Morgan fingerprint density at radius 3 is 2.62 bits per heavy atom. The number of carbonyl (C=O) groups excluding carboxylic acids is 1. The number of methoxy groups -OCH3 is 1. The van der Waals surface area contributed by atoms with Gasteiger partial charge in [-0.3, -0.25) is 9.79 Å². The molecule has 4 aromatic rings. The second-order valence-corrected chi connectivity index (χ2v) is 7.89. The van der Waals surface area contributed by atoms with Gasteiger partial charge in [0.25, 0.3) is 0 Å². The summed E-state index contributed by atoms with van der Waals surface area (Å²) in [5.74, 6) is -1.53. The van der Waals surface area contributed by atoms with Crippen LogP contribution in [0.5, 0.6) is 5.75 Å². The number of carbonyl (C=O) groups is 2. The van der Waals surface area contributed by atoms with Crippen molar-refractivity contribution in [2.24, 2.45) is 4.99 Å². The fourth-order valence-electron chi connectivity index (χ4n) is 4.21. The number of halogens is 1. The molecule has 1 aromatic heterocycles. The van der Waals surface area contributed by atoms with E-state index in [1.165, 1.54) is 12.1 Å². The van der Waals surface area contributed by atoms with Gasteiger partial charge in [0, 0.05) is 17.5 Å². The molecule has 0 saturated heterocycles. The van der Waals surface area contributed by atoms with Gasteiger partial charge >= 0.3 is 5.97 Å². The summed E-state index contributed by atoms with van der Waals surface area (Å²) in [4.78, 5) is 28.3. The monoisotopic (exact) mass is 457 g/mol. The first-order chi connectivity index (χ1) is 16.5. The predicted octanol–water partition coefficient (Wildman–Crippen LogP) is 4.33. The number of hydrogen-bond acceptors (Lipinski definition) is 4. The van der Waals surface area contributed by atoms with Crippen molar-refractivity contribution in [1.82, 2.24) is 4.57 Å². The zero-order chi connectivity index (χ0) is 23.8. The topological polar surface area (TPSA) is 92.9 Å². The van der Waals surface area contributed by atoms with Crippen LogP contribution in [0, 0.1) is 5.82 Å². The first-order valence-corrected chi connectivity index (χ1v) is 10.6. The number of rotatable bonds is 5. The Hall–Kier alpha value is -4.46. The van der Waals surface area contributed by atoms with Gasteiger partial charge in [-0.25, -0.2) is 9.18 Å². The third-order valence-electron chi connectivity index (χ3n) is 5.81. The van der Waals surface area contributed by atoms with Crippen LogP contribution in [-0.2, 0) is 11.3 Å². The number of anilines is 1. The minimum Gasteiger partial charge on any atom is -0.497 e. The standard InChI is InChI=1S/C26H20FN3O4/c1-34-17-9-6-15(7-10-17)14-30-21-5-3-2-4-19(21)24-25(30)23(28-13-22(31)29-24)18-11-8-16(26(32)33)12-20(18)27/h2-12H,13-14H2,1H3,(H,29,31)(H,32,33).